The molecule has 21 heavy (non-hydrogen) atoms. The van der Waals surface area contributed by atoms with Crippen LogP contribution in [0, 0.1) is 10.1 Å². The van der Waals surface area contributed by atoms with Gasteiger partial charge in [-0.25, -0.2) is 4.98 Å². The van der Waals surface area contributed by atoms with Crippen LogP contribution in [0.5, 0.6) is 0 Å². The summed E-state index contributed by atoms with van der Waals surface area (Å²) in [5, 5.41) is 13.5. The van der Waals surface area contributed by atoms with Crippen LogP contribution < -0.4 is 5.32 Å². The Labute approximate surface area is 129 Å². The monoisotopic (exact) mass is 352 g/mol. The molecular weight excluding hydrogens is 340 g/mol. The van der Waals surface area contributed by atoms with Gasteiger partial charge in [-0.2, -0.15) is 0 Å². The van der Waals surface area contributed by atoms with Gasteiger partial charge in [0.05, 0.1) is 11.1 Å². The Morgan fingerprint density at radius 2 is 2.19 bits per heavy atom. The fraction of sp³-hybridized carbons (Fsp3) is 0.231. The fourth-order valence-corrected chi connectivity index (χ4v) is 2.04. The molecule has 0 bridgehead atoms. The smallest absolute Gasteiger partial charge is 0.287 e. The van der Waals surface area contributed by atoms with Gasteiger partial charge in [0.2, 0.25) is 0 Å². The molecule has 0 fully saturated rings. The molecule has 0 radical (unpaired) electrons. The molecular formula is C13H13BrN4O3. The van der Waals surface area contributed by atoms with Crippen molar-refractivity contribution in [1.29, 1.82) is 0 Å². The Hall–Kier alpha value is -2.22. The average Bonchev–Trinajstić information content (AvgIpc) is 2.87. The van der Waals surface area contributed by atoms with Crippen molar-refractivity contribution in [3.05, 3.63) is 50.9 Å². The van der Waals surface area contributed by atoms with Gasteiger partial charge >= 0.3 is 0 Å². The maximum Gasteiger partial charge on any atom is 0.287 e. The molecule has 2 heterocycles. The van der Waals surface area contributed by atoms with Gasteiger partial charge in [0.15, 0.2) is 0 Å². The van der Waals surface area contributed by atoms with E-state index in [2.05, 4.69) is 26.2 Å². The number of nitro groups is 1. The lowest BCUT2D eigenvalue weighted by atomic mass is 10.3. The summed E-state index contributed by atoms with van der Waals surface area (Å²) in [6.45, 7) is 3.69. The Balaban J connectivity index is 2.29. The number of nitrogens with zero attached hydrogens (tertiary/aromatic N) is 3. The molecule has 0 spiro atoms. The number of carbonyl (C=O) groups is 1. The Bertz CT molecular complexity index is 679. The van der Waals surface area contributed by atoms with Crippen LogP contribution in [0.2, 0.25) is 0 Å². The van der Waals surface area contributed by atoms with E-state index >= 15 is 0 Å². The second-order valence-corrected chi connectivity index (χ2v) is 5.57. The third kappa shape index (κ3) is 3.46. The topological polar surface area (TPSA) is 90.1 Å². The summed E-state index contributed by atoms with van der Waals surface area (Å²) in [5.74, 6) is -0.0611. The molecule has 2 aromatic rings. The van der Waals surface area contributed by atoms with Gasteiger partial charge in [-0.15, -0.1) is 0 Å². The van der Waals surface area contributed by atoms with Crippen LogP contribution in [0.4, 0.5) is 11.5 Å². The van der Waals surface area contributed by atoms with Crippen LogP contribution in [0.3, 0.4) is 0 Å². The van der Waals surface area contributed by atoms with Crippen LogP contribution in [-0.4, -0.2) is 20.4 Å². The molecule has 7 nitrogen and oxygen atoms in total. The average molecular weight is 353 g/mol. The highest BCUT2D eigenvalue weighted by atomic mass is 79.9. The molecule has 0 aliphatic carbocycles. The van der Waals surface area contributed by atoms with Crippen molar-refractivity contribution >= 4 is 33.3 Å². The van der Waals surface area contributed by atoms with E-state index in [9.17, 15) is 14.9 Å². The van der Waals surface area contributed by atoms with Gasteiger partial charge in [-0.1, -0.05) is 0 Å². The predicted molar refractivity (Wildman–Crippen MR) is 81.4 cm³/mol. The quantitative estimate of drug-likeness (QED) is 0.674. The van der Waals surface area contributed by atoms with E-state index < -0.39 is 10.8 Å². The first-order valence-corrected chi connectivity index (χ1v) is 6.97. The minimum Gasteiger partial charge on any atom is -0.335 e. The number of aromatic nitrogens is 2. The van der Waals surface area contributed by atoms with E-state index in [1.54, 1.807) is 22.9 Å². The minimum absolute atomic E-state index is 0.0719. The van der Waals surface area contributed by atoms with E-state index in [1.807, 2.05) is 13.8 Å². The summed E-state index contributed by atoms with van der Waals surface area (Å²) in [7, 11) is 0. The minimum atomic E-state index is -0.520. The van der Waals surface area contributed by atoms with Gasteiger partial charge in [-0.3, -0.25) is 14.9 Å². The molecule has 8 heteroatoms. The Morgan fingerprint density at radius 3 is 2.71 bits per heavy atom. The third-order valence-electron chi connectivity index (χ3n) is 2.80. The lowest BCUT2D eigenvalue weighted by molar-refractivity contribution is -0.384. The van der Waals surface area contributed by atoms with E-state index in [0.717, 1.165) is 4.47 Å². The molecule has 2 rings (SSSR count). The summed E-state index contributed by atoms with van der Waals surface area (Å²) in [6, 6.07) is 4.57. The number of hydrogen-bond donors (Lipinski definition) is 1. The highest BCUT2D eigenvalue weighted by Crippen LogP contribution is 2.21. The van der Waals surface area contributed by atoms with Crippen molar-refractivity contribution in [2.75, 3.05) is 5.32 Å². The van der Waals surface area contributed by atoms with Gasteiger partial charge in [0, 0.05) is 22.8 Å². The first-order chi connectivity index (χ1) is 9.88. The SMILES string of the molecule is CC(C)n1cc([N+](=O)[O-])cc1C(=O)Nc1ccc(Br)cn1. The number of pyridine rings is 1. The van der Waals surface area contributed by atoms with Crippen LogP contribution in [-0.2, 0) is 0 Å². The molecule has 0 aliphatic heterocycles. The summed E-state index contributed by atoms with van der Waals surface area (Å²) in [6.07, 6.45) is 2.91. The molecule has 0 unspecified atom stereocenters. The van der Waals surface area contributed by atoms with E-state index in [4.69, 9.17) is 0 Å². The molecule has 0 atom stereocenters. The number of amides is 1. The molecule has 0 saturated heterocycles. The zero-order valence-electron chi connectivity index (χ0n) is 11.4. The van der Waals surface area contributed by atoms with E-state index in [1.165, 1.54) is 12.3 Å². The van der Waals surface area contributed by atoms with Gasteiger partial charge < -0.3 is 9.88 Å². The maximum atomic E-state index is 12.3. The normalized spacial score (nSPS) is 10.7. The first-order valence-electron chi connectivity index (χ1n) is 6.17. The molecule has 0 aromatic carbocycles. The van der Waals surface area contributed by atoms with Crippen LogP contribution >= 0.6 is 15.9 Å². The molecule has 1 amide bonds. The van der Waals surface area contributed by atoms with Gasteiger partial charge in [0.1, 0.15) is 11.5 Å². The second-order valence-electron chi connectivity index (χ2n) is 4.66. The van der Waals surface area contributed by atoms with Crippen molar-refractivity contribution in [2.24, 2.45) is 0 Å². The number of hydrogen-bond acceptors (Lipinski definition) is 4. The van der Waals surface area contributed by atoms with Crippen molar-refractivity contribution < 1.29 is 9.72 Å². The standard InChI is InChI=1S/C13H13BrN4O3/c1-8(2)17-7-10(18(20)21)5-11(17)13(19)16-12-4-3-9(14)6-15-12/h3-8H,1-2H3,(H,15,16,19). The number of anilines is 1. The fourth-order valence-electron chi connectivity index (χ4n) is 1.80. The van der Waals surface area contributed by atoms with E-state index in [0.29, 0.717) is 5.82 Å². The zero-order valence-corrected chi connectivity index (χ0v) is 13.0. The van der Waals surface area contributed by atoms with Crippen molar-refractivity contribution in [3.8, 4) is 0 Å². The van der Waals surface area contributed by atoms with Crippen LogP contribution in [0.15, 0.2) is 35.1 Å². The number of halogens is 1. The second kappa shape index (κ2) is 6.04. The highest BCUT2D eigenvalue weighted by molar-refractivity contribution is 9.10. The predicted octanol–water partition coefficient (Wildman–Crippen LogP) is 3.39. The van der Waals surface area contributed by atoms with Crippen molar-refractivity contribution in [1.82, 2.24) is 9.55 Å². The third-order valence-corrected chi connectivity index (χ3v) is 3.27. The zero-order chi connectivity index (χ0) is 15.6. The Kier molecular flexibility index (Phi) is 4.37. The molecule has 110 valence electrons. The molecule has 1 N–H and O–H groups in total. The van der Waals surface area contributed by atoms with Crippen molar-refractivity contribution in [2.45, 2.75) is 19.9 Å². The lowest BCUT2D eigenvalue weighted by Gasteiger charge is -2.11. The number of rotatable bonds is 4. The largest absolute Gasteiger partial charge is 0.335 e. The van der Waals surface area contributed by atoms with E-state index in [-0.39, 0.29) is 17.4 Å². The number of carbonyl (C=O) groups excluding carboxylic acids is 1. The molecule has 2 aromatic heterocycles. The molecule has 0 aliphatic rings. The maximum absolute atomic E-state index is 12.3. The number of nitrogens with one attached hydrogen (secondary N) is 1. The summed E-state index contributed by atoms with van der Waals surface area (Å²) < 4.78 is 2.36. The highest BCUT2D eigenvalue weighted by Gasteiger charge is 2.21. The van der Waals surface area contributed by atoms with Crippen molar-refractivity contribution in [3.63, 3.8) is 0 Å². The summed E-state index contributed by atoms with van der Waals surface area (Å²) >= 11 is 3.25. The first kappa shape index (κ1) is 15.2. The van der Waals surface area contributed by atoms with Gasteiger partial charge in [0.25, 0.3) is 11.6 Å². The van der Waals surface area contributed by atoms with Crippen LogP contribution in [0.1, 0.15) is 30.4 Å². The van der Waals surface area contributed by atoms with Crippen LogP contribution in [0.25, 0.3) is 0 Å². The summed E-state index contributed by atoms with van der Waals surface area (Å²) in [5.41, 5.74) is 0.110. The van der Waals surface area contributed by atoms with Gasteiger partial charge in [-0.05, 0) is 41.9 Å². The lowest BCUT2D eigenvalue weighted by Crippen LogP contribution is -2.18. The summed E-state index contributed by atoms with van der Waals surface area (Å²) in [4.78, 5) is 26.6. The molecule has 0 saturated carbocycles. The Morgan fingerprint density at radius 1 is 1.48 bits per heavy atom.